The number of aryl methyl sites for hydroxylation is 2. The van der Waals surface area contributed by atoms with Gasteiger partial charge < -0.3 is 104 Å². The second-order valence-corrected chi connectivity index (χ2v) is 6.30. The molecule has 0 unspecified atom stereocenters. The third-order valence-corrected chi connectivity index (χ3v) is 2.24. The first-order valence-corrected chi connectivity index (χ1v) is 10.1. The highest BCUT2D eigenvalue weighted by Crippen LogP contribution is 2.09. The molecule has 1 aromatic rings. The van der Waals surface area contributed by atoms with Crippen molar-refractivity contribution in [3.05, 3.63) is 18.2 Å². The van der Waals surface area contributed by atoms with Crippen LogP contribution in [0.1, 0.15) is 38.4 Å². The first kappa shape index (κ1) is 52.6. The van der Waals surface area contributed by atoms with Gasteiger partial charge in [-0.25, -0.2) is 9.55 Å². The molecule has 42 heavy (non-hydrogen) atoms. The first-order chi connectivity index (χ1) is 17.8. The number of H-pyrrole nitrogens is 1. The Bertz CT molecular complexity index is 576. The van der Waals surface area contributed by atoms with Crippen LogP contribution in [0.25, 0.3) is 0 Å². The Labute approximate surface area is 222 Å². The standard InChI is InChI=1S/C10H18N2.6BF4/c1-3-4-5-6-7-10-11-8-9-12(10)2;6*2-1(3,4)5/h8-9H,3-7H2,1-2H3;;;;;;/q;6*-1/p+1. The largest absolute Gasteiger partial charge is 0.673 e. The maximum Gasteiger partial charge on any atom is 0.673 e. The zero-order valence-electron chi connectivity index (χ0n) is 20.7. The van der Waals surface area contributed by atoms with Crippen molar-refractivity contribution in [1.82, 2.24) is 4.98 Å². The van der Waals surface area contributed by atoms with Crippen molar-refractivity contribution in [2.24, 2.45) is 7.05 Å². The van der Waals surface area contributed by atoms with Crippen LogP contribution in [0, 0.1) is 0 Å². The summed E-state index contributed by atoms with van der Waals surface area (Å²) in [4.78, 5) is 3.25. The number of aromatic amines is 1. The number of nitrogens with zero attached hydrogens (tertiary/aromatic N) is 1. The number of nitrogens with one attached hydrogen (secondary N) is 1. The summed E-state index contributed by atoms with van der Waals surface area (Å²) in [7, 11) is -33.9. The van der Waals surface area contributed by atoms with Gasteiger partial charge in [0.1, 0.15) is 12.4 Å². The van der Waals surface area contributed by atoms with E-state index in [0.717, 1.165) is 0 Å². The highest BCUT2D eigenvalue weighted by atomic mass is 19.5. The van der Waals surface area contributed by atoms with Crippen LogP contribution in [0.4, 0.5) is 104 Å². The maximum atomic E-state index is 9.75. The number of hydrogen-bond donors (Lipinski definition) is 1. The predicted molar refractivity (Wildman–Crippen MR) is 111 cm³/mol. The van der Waals surface area contributed by atoms with Gasteiger partial charge in [-0.05, 0) is 6.42 Å². The molecule has 0 bridgehead atoms. The lowest BCUT2D eigenvalue weighted by atomic mass is 10.1. The SMILES string of the molecule is CCCCCCc1[nH]cc[n+]1C.F[B-](F)(F)F.F[B-](F)(F)F.F[B-](F)(F)F.F[B-](F)(F)F.F[B-](F)(F)F.F[B-](F)(F)F. The van der Waals surface area contributed by atoms with Crippen LogP contribution in [0.2, 0.25) is 0 Å². The molecule has 1 aromatic heterocycles. The molecule has 1 rings (SSSR count). The summed E-state index contributed by atoms with van der Waals surface area (Å²) in [6.07, 6.45) is 10.6. The molecule has 0 radical (unpaired) electrons. The number of halogens is 24. The van der Waals surface area contributed by atoms with Crippen molar-refractivity contribution in [2.45, 2.75) is 39.0 Å². The number of unbranched alkanes of at least 4 members (excludes halogenated alkanes) is 3. The van der Waals surface area contributed by atoms with Gasteiger partial charge in [0.15, 0.2) is 0 Å². The van der Waals surface area contributed by atoms with Gasteiger partial charge in [-0.2, -0.15) is 0 Å². The van der Waals surface area contributed by atoms with Crippen molar-refractivity contribution in [2.75, 3.05) is 0 Å². The molecule has 0 fully saturated rings. The molecule has 1 heterocycles. The van der Waals surface area contributed by atoms with Crippen LogP contribution in [0.3, 0.4) is 0 Å². The van der Waals surface area contributed by atoms with E-state index in [1.54, 1.807) is 0 Å². The van der Waals surface area contributed by atoms with Crippen LogP contribution in [-0.2, 0) is 13.5 Å². The average Bonchev–Trinajstić information content (AvgIpc) is 2.95. The lowest BCUT2D eigenvalue weighted by Crippen LogP contribution is -2.30. The van der Waals surface area contributed by atoms with Crippen molar-refractivity contribution in [3.8, 4) is 0 Å². The fourth-order valence-corrected chi connectivity index (χ4v) is 1.40. The third kappa shape index (κ3) is 267. The van der Waals surface area contributed by atoms with Gasteiger partial charge in [-0.1, -0.05) is 26.2 Å². The third-order valence-electron chi connectivity index (χ3n) is 2.24. The highest BCUT2D eigenvalue weighted by molar-refractivity contribution is 6.51. The number of hydrogen-bond acceptors (Lipinski definition) is 0. The summed E-state index contributed by atoms with van der Waals surface area (Å²) in [6, 6.07) is 0. The Kier molecular flexibility index (Phi) is 30.5. The molecule has 0 aromatic carbocycles. The molecular formula is C10H19B6F24N2-5. The minimum Gasteiger partial charge on any atom is -0.418 e. The van der Waals surface area contributed by atoms with E-state index in [-0.39, 0.29) is 0 Å². The van der Waals surface area contributed by atoms with E-state index in [0.29, 0.717) is 0 Å². The molecule has 1 N–H and O–H groups in total. The van der Waals surface area contributed by atoms with Crippen LogP contribution in [0.5, 0.6) is 0 Å². The number of rotatable bonds is 5. The summed E-state index contributed by atoms with van der Waals surface area (Å²) in [5, 5.41) is 0. The molecule has 260 valence electrons. The van der Waals surface area contributed by atoms with Crippen LogP contribution in [-0.4, -0.2) is 48.5 Å². The zero-order chi connectivity index (χ0) is 35.8. The smallest absolute Gasteiger partial charge is 0.418 e. The van der Waals surface area contributed by atoms with E-state index in [4.69, 9.17) is 0 Å². The second kappa shape index (κ2) is 24.4. The van der Waals surface area contributed by atoms with Gasteiger partial charge in [0, 0.05) is 6.42 Å². The van der Waals surface area contributed by atoms with Crippen LogP contribution < -0.4 is 4.57 Å². The minimum absolute atomic E-state index is 1.18. The van der Waals surface area contributed by atoms with Gasteiger partial charge in [-0.15, -0.1) is 0 Å². The van der Waals surface area contributed by atoms with Gasteiger partial charge in [0.25, 0.3) is 5.82 Å². The molecule has 0 spiro atoms. The van der Waals surface area contributed by atoms with E-state index < -0.39 is 43.5 Å². The number of imidazole rings is 1. The topological polar surface area (TPSA) is 19.7 Å². The normalized spacial score (nSPS) is 11.6. The molecule has 0 aliphatic carbocycles. The van der Waals surface area contributed by atoms with E-state index in [1.807, 2.05) is 6.20 Å². The fourth-order valence-electron chi connectivity index (χ4n) is 1.40. The summed E-state index contributed by atoms with van der Waals surface area (Å²) in [5.74, 6) is 1.34. The maximum absolute atomic E-state index is 9.75. The van der Waals surface area contributed by atoms with Crippen molar-refractivity contribution >= 4 is 43.5 Å². The molecule has 0 atom stereocenters. The summed E-state index contributed by atoms with van der Waals surface area (Å²) < 4.78 is 236. The molecule has 0 amide bonds. The Balaban J connectivity index is -0.0000000944. The van der Waals surface area contributed by atoms with Gasteiger partial charge in [0.2, 0.25) is 0 Å². The molecule has 0 aliphatic heterocycles. The fraction of sp³-hybridized carbons (Fsp3) is 0.700. The summed E-state index contributed by atoms with van der Waals surface area (Å²) in [5.41, 5.74) is 0. The monoisotopic (exact) mass is 689 g/mol. The van der Waals surface area contributed by atoms with Gasteiger partial charge in [0.05, 0.1) is 7.05 Å². The van der Waals surface area contributed by atoms with E-state index in [2.05, 4.69) is 29.7 Å². The average molecular weight is 688 g/mol. The van der Waals surface area contributed by atoms with E-state index in [1.165, 1.54) is 37.9 Å². The molecular weight excluding hydrogens is 669 g/mol. The van der Waals surface area contributed by atoms with E-state index in [9.17, 15) is 104 Å². The Morgan fingerprint density at radius 1 is 0.476 bits per heavy atom. The van der Waals surface area contributed by atoms with Crippen LogP contribution >= 0.6 is 0 Å². The Hall–Kier alpha value is -2.08. The second-order valence-electron chi connectivity index (χ2n) is 6.30. The molecule has 0 aliphatic rings. The van der Waals surface area contributed by atoms with Gasteiger partial charge >= 0.3 is 43.5 Å². The lowest BCUT2D eigenvalue weighted by Gasteiger charge is -1.95. The van der Waals surface area contributed by atoms with Gasteiger partial charge in [-0.3, -0.25) is 0 Å². The van der Waals surface area contributed by atoms with Crippen LogP contribution in [0.15, 0.2) is 12.4 Å². The summed E-state index contributed by atoms with van der Waals surface area (Å²) in [6.45, 7) is 2.24. The zero-order valence-corrected chi connectivity index (χ0v) is 20.7. The minimum atomic E-state index is -6.00. The highest BCUT2D eigenvalue weighted by Gasteiger charge is 2.22. The molecule has 0 saturated carbocycles. The molecule has 32 heteroatoms. The number of aromatic nitrogens is 2. The summed E-state index contributed by atoms with van der Waals surface area (Å²) >= 11 is 0. The predicted octanol–water partition coefficient (Wildman–Crippen LogP) is 9.76. The molecule has 0 saturated heterocycles. The molecule has 2 nitrogen and oxygen atoms in total. The first-order valence-electron chi connectivity index (χ1n) is 10.1. The Morgan fingerprint density at radius 3 is 0.881 bits per heavy atom. The van der Waals surface area contributed by atoms with Crippen molar-refractivity contribution < 1.29 is 108 Å². The van der Waals surface area contributed by atoms with E-state index >= 15 is 0 Å². The van der Waals surface area contributed by atoms with Crippen molar-refractivity contribution in [1.29, 1.82) is 0 Å². The van der Waals surface area contributed by atoms with Crippen molar-refractivity contribution in [3.63, 3.8) is 0 Å². The Morgan fingerprint density at radius 2 is 0.714 bits per heavy atom. The lowest BCUT2D eigenvalue weighted by molar-refractivity contribution is -0.677. The quantitative estimate of drug-likeness (QED) is 0.138.